The van der Waals surface area contributed by atoms with E-state index in [1.165, 1.54) is 17.7 Å². The van der Waals surface area contributed by atoms with Crippen LogP contribution in [0.5, 0.6) is 0 Å². The molecule has 0 saturated heterocycles. The Bertz CT molecular complexity index is 954. The molecule has 0 fully saturated rings. The average Bonchev–Trinajstić information content (AvgIpc) is 2.70. The number of alkyl halides is 3. The number of halogens is 6. The monoisotopic (exact) mass is 440 g/mol. The van der Waals surface area contributed by atoms with E-state index in [2.05, 4.69) is 6.58 Å². The van der Waals surface area contributed by atoms with Crippen molar-refractivity contribution in [2.24, 2.45) is 0 Å². The molecule has 31 heavy (non-hydrogen) atoms. The van der Waals surface area contributed by atoms with Gasteiger partial charge in [0.25, 0.3) is 0 Å². The lowest BCUT2D eigenvalue weighted by molar-refractivity contribution is -0.142. The maximum Gasteiger partial charge on any atom is 0.422 e. The number of ether oxygens (including phenoxy) is 1. The van der Waals surface area contributed by atoms with Gasteiger partial charge in [-0.2, -0.15) is 13.2 Å². The zero-order valence-electron chi connectivity index (χ0n) is 16.7. The highest BCUT2D eigenvalue weighted by Crippen LogP contribution is 2.36. The molecule has 1 nitrogen and oxygen atoms in total. The fourth-order valence-electron chi connectivity index (χ4n) is 3.62. The van der Waals surface area contributed by atoms with E-state index in [1.807, 2.05) is 6.08 Å². The van der Waals surface area contributed by atoms with Gasteiger partial charge in [-0.1, -0.05) is 18.2 Å². The van der Waals surface area contributed by atoms with E-state index in [1.54, 1.807) is 12.3 Å². The van der Waals surface area contributed by atoms with Crippen LogP contribution in [0.4, 0.5) is 26.3 Å². The van der Waals surface area contributed by atoms with Crippen LogP contribution in [-0.4, -0.2) is 6.10 Å². The third kappa shape index (κ3) is 5.71. The molecule has 166 valence electrons. The normalized spacial score (nSPS) is 16.6. The molecular weight excluding hydrogens is 418 g/mol. The van der Waals surface area contributed by atoms with E-state index in [-0.39, 0.29) is 17.2 Å². The maximum absolute atomic E-state index is 14.6. The van der Waals surface area contributed by atoms with Crippen molar-refractivity contribution in [1.29, 1.82) is 0 Å². The molecule has 0 spiro atoms. The van der Waals surface area contributed by atoms with E-state index in [9.17, 15) is 26.3 Å². The standard InChI is InChI=1S/C24H22F6O/c1-2-3-4-16-6-9-18(31-14-16)8-5-15-7-10-19(20(25)11-15)17-12-21(26)23(22(27)13-17)24(28,29)30/h2,7,10-14,18H,1,3-6,8-9H2. The van der Waals surface area contributed by atoms with Crippen molar-refractivity contribution in [3.63, 3.8) is 0 Å². The van der Waals surface area contributed by atoms with E-state index in [4.69, 9.17) is 4.74 Å². The van der Waals surface area contributed by atoms with Gasteiger partial charge in [-0.05, 0) is 73.4 Å². The minimum absolute atomic E-state index is 0.0216. The Morgan fingerprint density at radius 3 is 2.26 bits per heavy atom. The first-order valence-corrected chi connectivity index (χ1v) is 9.98. The van der Waals surface area contributed by atoms with Gasteiger partial charge in [0.05, 0.1) is 12.4 Å². The molecular formula is C24H22F6O. The second-order valence-corrected chi connectivity index (χ2v) is 7.57. The van der Waals surface area contributed by atoms with Gasteiger partial charge >= 0.3 is 6.18 Å². The predicted octanol–water partition coefficient (Wildman–Crippen LogP) is 7.75. The minimum atomic E-state index is -5.17. The molecule has 2 aromatic carbocycles. The second kappa shape index (κ2) is 9.62. The van der Waals surface area contributed by atoms with Crippen molar-refractivity contribution in [3.05, 3.63) is 83.4 Å². The SMILES string of the molecule is C=CCCC1=COC(CCc2ccc(-c3cc(F)c(C(F)(F)F)c(F)c3)c(F)c2)CC1. The number of benzene rings is 2. The van der Waals surface area contributed by atoms with Crippen LogP contribution in [0.2, 0.25) is 0 Å². The van der Waals surface area contributed by atoms with Crippen LogP contribution in [0.25, 0.3) is 11.1 Å². The van der Waals surface area contributed by atoms with Crippen LogP contribution in [0.3, 0.4) is 0 Å². The Labute approximate surface area is 177 Å². The van der Waals surface area contributed by atoms with Crippen LogP contribution in [0.15, 0.2) is 54.8 Å². The number of rotatable bonds is 7. The van der Waals surface area contributed by atoms with Crippen molar-refractivity contribution in [3.8, 4) is 11.1 Å². The molecule has 3 rings (SSSR count). The van der Waals surface area contributed by atoms with Gasteiger partial charge in [-0.15, -0.1) is 6.58 Å². The summed E-state index contributed by atoms with van der Waals surface area (Å²) in [5, 5.41) is 0. The lowest BCUT2D eigenvalue weighted by Crippen LogP contribution is -2.15. The first-order chi connectivity index (χ1) is 14.7. The summed E-state index contributed by atoms with van der Waals surface area (Å²) in [6.07, 6.45) is 3.34. The summed E-state index contributed by atoms with van der Waals surface area (Å²) in [5.74, 6) is -4.31. The Balaban J connectivity index is 1.67. The van der Waals surface area contributed by atoms with Crippen molar-refractivity contribution in [1.82, 2.24) is 0 Å². The van der Waals surface area contributed by atoms with E-state index in [0.29, 0.717) is 30.5 Å². The fraction of sp³-hybridized carbons (Fsp3) is 0.333. The number of aryl methyl sites for hydroxylation is 1. The molecule has 0 amide bonds. The second-order valence-electron chi connectivity index (χ2n) is 7.57. The first kappa shape index (κ1) is 23.0. The summed E-state index contributed by atoms with van der Waals surface area (Å²) < 4.78 is 86.1. The summed E-state index contributed by atoms with van der Waals surface area (Å²) in [5.41, 5.74) is -0.539. The quantitative estimate of drug-likeness (QED) is 0.316. The third-order valence-electron chi connectivity index (χ3n) is 5.31. The van der Waals surface area contributed by atoms with Crippen molar-refractivity contribution in [2.45, 2.75) is 50.8 Å². The topological polar surface area (TPSA) is 9.23 Å². The zero-order chi connectivity index (χ0) is 22.6. The molecule has 0 aliphatic carbocycles. The molecule has 1 unspecified atom stereocenters. The minimum Gasteiger partial charge on any atom is -0.498 e. The molecule has 1 atom stereocenters. The molecule has 1 heterocycles. The van der Waals surface area contributed by atoms with Crippen LogP contribution < -0.4 is 0 Å². The molecule has 1 aliphatic rings. The third-order valence-corrected chi connectivity index (χ3v) is 5.31. The molecule has 7 heteroatoms. The number of hydrogen-bond donors (Lipinski definition) is 0. The summed E-state index contributed by atoms with van der Waals surface area (Å²) in [7, 11) is 0. The Morgan fingerprint density at radius 2 is 1.71 bits per heavy atom. The maximum atomic E-state index is 14.6. The van der Waals surface area contributed by atoms with E-state index >= 15 is 0 Å². The van der Waals surface area contributed by atoms with Crippen LogP contribution in [0.1, 0.15) is 43.2 Å². The van der Waals surface area contributed by atoms with Gasteiger partial charge in [0, 0.05) is 5.56 Å². The molecule has 0 bridgehead atoms. The predicted molar refractivity (Wildman–Crippen MR) is 107 cm³/mol. The van der Waals surface area contributed by atoms with E-state index in [0.717, 1.165) is 25.7 Å². The zero-order valence-corrected chi connectivity index (χ0v) is 16.7. The van der Waals surface area contributed by atoms with Gasteiger partial charge in [0.2, 0.25) is 0 Å². The Hall–Kier alpha value is -2.70. The first-order valence-electron chi connectivity index (χ1n) is 9.98. The molecule has 0 aromatic heterocycles. The molecule has 0 saturated carbocycles. The highest BCUT2D eigenvalue weighted by molar-refractivity contribution is 5.65. The average molecular weight is 440 g/mol. The number of hydrogen-bond acceptors (Lipinski definition) is 1. The number of allylic oxidation sites excluding steroid dienone is 2. The van der Waals surface area contributed by atoms with Crippen LogP contribution >= 0.6 is 0 Å². The smallest absolute Gasteiger partial charge is 0.422 e. The van der Waals surface area contributed by atoms with Crippen molar-refractivity contribution >= 4 is 0 Å². The summed E-state index contributed by atoms with van der Waals surface area (Å²) in [6, 6.07) is 5.14. The Morgan fingerprint density at radius 1 is 1.00 bits per heavy atom. The summed E-state index contributed by atoms with van der Waals surface area (Å²) in [4.78, 5) is 0. The fourth-order valence-corrected chi connectivity index (χ4v) is 3.62. The molecule has 2 aromatic rings. The molecule has 0 radical (unpaired) electrons. The lowest BCUT2D eigenvalue weighted by Gasteiger charge is -2.23. The van der Waals surface area contributed by atoms with Crippen molar-refractivity contribution < 1.29 is 31.1 Å². The van der Waals surface area contributed by atoms with Gasteiger partial charge in [-0.3, -0.25) is 0 Å². The van der Waals surface area contributed by atoms with Crippen LogP contribution in [0, 0.1) is 17.5 Å². The summed E-state index contributed by atoms with van der Waals surface area (Å²) >= 11 is 0. The van der Waals surface area contributed by atoms with E-state index < -0.39 is 29.2 Å². The Kier molecular flexibility index (Phi) is 7.13. The van der Waals surface area contributed by atoms with Gasteiger partial charge < -0.3 is 4.74 Å². The van der Waals surface area contributed by atoms with Gasteiger partial charge in [-0.25, -0.2) is 13.2 Å². The highest BCUT2D eigenvalue weighted by atomic mass is 19.4. The summed E-state index contributed by atoms with van der Waals surface area (Å²) in [6.45, 7) is 3.70. The van der Waals surface area contributed by atoms with Gasteiger partial charge in [0.15, 0.2) is 0 Å². The molecule has 1 aliphatic heterocycles. The highest BCUT2D eigenvalue weighted by Gasteiger charge is 2.38. The largest absolute Gasteiger partial charge is 0.498 e. The van der Waals surface area contributed by atoms with Crippen LogP contribution in [-0.2, 0) is 17.3 Å². The lowest BCUT2D eigenvalue weighted by atomic mass is 9.96. The molecule has 0 N–H and O–H groups in total. The van der Waals surface area contributed by atoms with Crippen molar-refractivity contribution in [2.75, 3.05) is 0 Å². The van der Waals surface area contributed by atoms with Gasteiger partial charge in [0.1, 0.15) is 23.0 Å².